The van der Waals surface area contributed by atoms with Crippen LogP contribution in [0, 0.1) is 13.8 Å². The molecule has 0 saturated heterocycles. The average Bonchev–Trinajstić information content (AvgIpc) is 2.54. The van der Waals surface area contributed by atoms with Gasteiger partial charge in [-0.25, -0.2) is 15.0 Å². The number of benzene rings is 1. The Balaban J connectivity index is 1.90. The van der Waals surface area contributed by atoms with Crippen LogP contribution in [0.3, 0.4) is 0 Å². The fourth-order valence-electron chi connectivity index (χ4n) is 2.41. The normalized spacial score (nSPS) is 14.9. The number of hydrogen-bond acceptors (Lipinski definition) is 5. The third kappa shape index (κ3) is 3.30. The molecule has 0 spiro atoms. The van der Waals surface area contributed by atoms with Crippen molar-refractivity contribution in [2.24, 2.45) is 5.10 Å². The first-order valence-corrected chi connectivity index (χ1v) is 8.55. The number of aryl methyl sites for hydroxylation is 3. The summed E-state index contributed by atoms with van der Waals surface area (Å²) in [6.45, 7) is 6.99. The molecule has 1 aromatic heterocycles. The van der Waals surface area contributed by atoms with Crippen LogP contribution in [0.2, 0.25) is 0 Å². The molecule has 114 valence electrons. The maximum Gasteiger partial charge on any atom is 0.246 e. The van der Waals surface area contributed by atoms with Gasteiger partial charge in [-0.1, -0.05) is 31.2 Å². The molecule has 3 rings (SSSR count). The van der Waals surface area contributed by atoms with Gasteiger partial charge in [0.1, 0.15) is 5.04 Å². The Morgan fingerprint density at radius 1 is 1.09 bits per heavy atom. The summed E-state index contributed by atoms with van der Waals surface area (Å²) in [6, 6.07) is 10.6. The first kappa shape index (κ1) is 15.0. The molecule has 1 aliphatic rings. The van der Waals surface area contributed by atoms with E-state index in [-0.39, 0.29) is 0 Å². The minimum atomic E-state index is 0.695. The summed E-state index contributed by atoms with van der Waals surface area (Å²) in [5, 5.41) is 7.70. The third-order valence-corrected chi connectivity index (χ3v) is 4.54. The van der Waals surface area contributed by atoms with Gasteiger partial charge in [0.05, 0.1) is 6.54 Å². The number of anilines is 1. The highest BCUT2D eigenvalue weighted by Crippen LogP contribution is 2.23. The maximum atomic E-state index is 4.75. The summed E-state index contributed by atoms with van der Waals surface area (Å²) < 4.78 is 0. The van der Waals surface area contributed by atoms with Crippen molar-refractivity contribution in [1.82, 2.24) is 9.97 Å². The average molecular weight is 312 g/mol. The summed E-state index contributed by atoms with van der Waals surface area (Å²) in [5.41, 5.74) is 4.46. The van der Waals surface area contributed by atoms with E-state index in [2.05, 4.69) is 41.2 Å². The van der Waals surface area contributed by atoms with Crippen molar-refractivity contribution in [2.45, 2.75) is 27.2 Å². The Hall–Kier alpha value is -1.88. The van der Waals surface area contributed by atoms with Crippen LogP contribution in [0.25, 0.3) is 0 Å². The Morgan fingerprint density at radius 2 is 1.77 bits per heavy atom. The molecule has 0 atom stereocenters. The van der Waals surface area contributed by atoms with E-state index in [0.29, 0.717) is 5.95 Å². The lowest BCUT2D eigenvalue weighted by Crippen LogP contribution is -2.28. The molecule has 0 aliphatic carbocycles. The molecule has 0 radical (unpaired) electrons. The third-order valence-electron chi connectivity index (χ3n) is 3.56. The molecular formula is C17H20N4S. The van der Waals surface area contributed by atoms with Crippen LogP contribution in [0.5, 0.6) is 0 Å². The quantitative estimate of drug-likeness (QED) is 0.869. The predicted octanol–water partition coefficient (Wildman–Crippen LogP) is 3.57. The van der Waals surface area contributed by atoms with Crippen molar-refractivity contribution in [3.05, 3.63) is 52.8 Å². The molecule has 0 unspecified atom stereocenters. The van der Waals surface area contributed by atoms with Crippen LogP contribution in [0.4, 0.5) is 5.95 Å². The highest BCUT2D eigenvalue weighted by atomic mass is 32.2. The molecule has 2 heterocycles. The molecule has 5 heteroatoms. The fourth-order valence-corrected chi connectivity index (χ4v) is 3.33. The topological polar surface area (TPSA) is 41.4 Å². The second-order valence-electron chi connectivity index (χ2n) is 5.38. The number of thioether (sulfide) groups is 1. The minimum absolute atomic E-state index is 0.695. The van der Waals surface area contributed by atoms with E-state index in [1.807, 2.05) is 24.9 Å². The van der Waals surface area contributed by atoms with Crippen LogP contribution < -0.4 is 5.01 Å². The number of nitrogens with zero attached hydrogens (tertiary/aromatic N) is 4. The summed E-state index contributed by atoms with van der Waals surface area (Å²) in [4.78, 5) is 9.02. The largest absolute Gasteiger partial charge is 0.246 e. The maximum absolute atomic E-state index is 4.75. The number of rotatable bonds is 3. The van der Waals surface area contributed by atoms with Crippen molar-refractivity contribution in [1.29, 1.82) is 0 Å². The lowest BCUT2D eigenvalue weighted by molar-refractivity contribution is 0.831. The van der Waals surface area contributed by atoms with E-state index in [1.54, 1.807) is 11.8 Å². The summed E-state index contributed by atoms with van der Waals surface area (Å²) in [5.74, 6) is 1.69. The van der Waals surface area contributed by atoms with E-state index >= 15 is 0 Å². The smallest absolute Gasteiger partial charge is 0.230 e. The fraction of sp³-hybridized carbons (Fsp3) is 0.353. The lowest BCUT2D eigenvalue weighted by atomic mass is 10.1. The molecule has 4 nitrogen and oxygen atoms in total. The van der Waals surface area contributed by atoms with Gasteiger partial charge >= 0.3 is 0 Å². The van der Waals surface area contributed by atoms with Crippen LogP contribution in [-0.2, 0) is 6.42 Å². The first-order valence-electron chi connectivity index (χ1n) is 7.56. The molecule has 0 amide bonds. The van der Waals surface area contributed by atoms with Gasteiger partial charge in [0, 0.05) is 22.7 Å². The highest BCUT2D eigenvalue weighted by Gasteiger charge is 2.18. The zero-order chi connectivity index (χ0) is 15.5. The van der Waals surface area contributed by atoms with Crippen molar-refractivity contribution in [3.8, 4) is 0 Å². The monoisotopic (exact) mass is 312 g/mol. The molecule has 0 bridgehead atoms. The van der Waals surface area contributed by atoms with Crippen LogP contribution in [-0.4, -0.2) is 27.3 Å². The van der Waals surface area contributed by atoms with E-state index in [1.165, 1.54) is 5.56 Å². The SMILES string of the molecule is CCc1ccc(C2=NN(c3nc(C)cc(C)n3)CCS2)cc1. The standard InChI is InChI=1S/C17H20N4S/c1-4-14-5-7-15(8-6-14)16-20-21(9-10-22-16)17-18-12(2)11-13(3)19-17/h5-8,11H,4,9-10H2,1-3H3. The molecular weight excluding hydrogens is 292 g/mol. The molecule has 1 aliphatic heterocycles. The molecule has 0 N–H and O–H groups in total. The van der Waals surface area contributed by atoms with Gasteiger partial charge in [-0.15, -0.1) is 11.8 Å². The molecule has 2 aromatic rings. The zero-order valence-electron chi connectivity index (χ0n) is 13.2. The molecule has 0 fully saturated rings. The predicted molar refractivity (Wildman–Crippen MR) is 93.7 cm³/mol. The Morgan fingerprint density at radius 3 is 2.41 bits per heavy atom. The van der Waals surface area contributed by atoms with Crippen LogP contribution >= 0.6 is 11.8 Å². The summed E-state index contributed by atoms with van der Waals surface area (Å²) >= 11 is 1.79. The van der Waals surface area contributed by atoms with E-state index in [9.17, 15) is 0 Å². The minimum Gasteiger partial charge on any atom is -0.230 e. The van der Waals surface area contributed by atoms with Gasteiger partial charge in [-0.2, -0.15) is 5.10 Å². The van der Waals surface area contributed by atoms with Gasteiger partial charge in [-0.3, -0.25) is 0 Å². The van der Waals surface area contributed by atoms with Crippen molar-refractivity contribution in [2.75, 3.05) is 17.3 Å². The van der Waals surface area contributed by atoms with Crippen molar-refractivity contribution < 1.29 is 0 Å². The van der Waals surface area contributed by atoms with Crippen molar-refractivity contribution >= 4 is 22.8 Å². The lowest BCUT2D eigenvalue weighted by Gasteiger charge is -2.23. The Kier molecular flexibility index (Phi) is 4.43. The Labute approximate surface area is 135 Å². The van der Waals surface area contributed by atoms with E-state index in [4.69, 9.17) is 5.10 Å². The highest BCUT2D eigenvalue weighted by molar-refractivity contribution is 8.14. The van der Waals surface area contributed by atoms with E-state index < -0.39 is 0 Å². The van der Waals surface area contributed by atoms with Gasteiger partial charge in [0.25, 0.3) is 0 Å². The van der Waals surface area contributed by atoms with Crippen LogP contribution in [0.1, 0.15) is 29.4 Å². The molecule has 1 aromatic carbocycles. The zero-order valence-corrected chi connectivity index (χ0v) is 14.0. The van der Waals surface area contributed by atoms with Gasteiger partial charge in [0.15, 0.2) is 0 Å². The second kappa shape index (κ2) is 6.48. The first-order chi connectivity index (χ1) is 10.7. The number of hydrazone groups is 1. The Bertz CT molecular complexity index is 674. The van der Waals surface area contributed by atoms with Gasteiger partial charge < -0.3 is 0 Å². The van der Waals surface area contributed by atoms with Crippen molar-refractivity contribution in [3.63, 3.8) is 0 Å². The number of aromatic nitrogens is 2. The summed E-state index contributed by atoms with van der Waals surface area (Å²) in [6.07, 6.45) is 1.06. The second-order valence-corrected chi connectivity index (χ2v) is 6.46. The number of hydrogen-bond donors (Lipinski definition) is 0. The van der Waals surface area contributed by atoms with Crippen LogP contribution in [0.15, 0.2) is 35.4 Å². The van der Waals surface area contributed by atoms with Gasteiger partial charge in [-0.05, 0) is 31.9 Å². The molecule has 22 heavy (non-hydrogen) atoms. The molecule has 0 saturated carbocycles. The summed E-state index contributed by atoms with van der Waals surface area (Å²) in [7, 11) is 0. The van der Waals surface area contributed by atoms with Gasteiger partial charge in [0.2, 0.25) is 5.95 Å². The van der Waals surface area contributed by atoms with E-state index in [0.717, 1.165) is 40.7 Å².